The van der Waals surface area contributed by atoms with E-state index in [2.05, 4.69) is 41.5 Å². The molecule has 0 spiro atoms. The predicted molar refractivity (Wildman–Crippen MR) is 393 cm³/mol. The van der Waals surface area contributed by atoms with Gasteiger partial charge in [0.25, 0.3) is 0 Å². The van der Waals surface area contributed by atoms with Crippen LogP contribution in [0.15, 0.2) is 54.6 Å². The normalized spacial score (nSPS) is 18.3. The molecule has 0 radical (unpaired) electrons. The van der Waals surface area contributed by atoms with Gasteiger partial charge in [-0.2, -0.15) is 0 Å². The molecule has 0 saturated carbocycles. The number of benzene rings is 2. The number of urea groups is 1. The van der Waals surface area contributed by atoms with Gasteiger partial charge in [0.05, 0.1) is 69.1 Å². The van der Waals surface area contributed by atoms with Crippen LogP contribution in [0.25, 0.3) is 0 Å². The van der Waals surface area contributed by atoms with Crippen LogP contribution in [0.5, 0.6) is 0 Å². The first-order valence-electron chi connectivity index (χ1n) is 36.4. The van der Waals surface area contributed by atoms with E-state index in [1.165, 1.54) is 14.2 Å². The van der Waals surface area contributed by atoms with Crippen LogP contribution < -0.4 is 47.3 Å². The van der Waals surface area contributed by atoms with E-state index in [0.717, 1.165) is 5.56 Å². The average Bonchev–Trinajstić information content (AvgIpc) is 1.81. The van der Waals surface area contributed by atoms with Crippen LogP contribution in [0.1, 0.15) is 132 Å². The molecule has 2 aromatic rings. The van der Waals surface area contributed by atoms with Crippen molar-refractivity contribution in [1.82, 2.24) is 55.8 Å². The number of nitrogens with zero attached hydrogens (tertiary/aromatic N) is 4. The highest BCUT2D eigenvalue weighted by atomic mass is 27.1. The van der Waals surface area contributed by atoms with Gasteiger partial charge in [0.1, 0.15) is 37.4 Å². The number of amides is 12. The van der Waals surface area contributed by atoms with Crippen LogP contribution in [-0.4, -0.2) is 256 Å². The minimum atomic E-state index is -1.13. The number of nitrogens with one attached hydrogen (secondary N) is 8. The van der Waals surface area contributed by atoms with Crippen molar-refractivity contribution in [2.45, 2.75) is 194 Å². The Bertz CT molecular complexity index is 3030. The number of anilines is 1. The summed E-state index contributed by atoms with van der Waals surface area (Å²) in [6, 6.07) is 9.49. The van der Waals surface area contributed by atoms with Gasteiger partial charge in [-0.15, -0.1) is 0 Å². The number of likely N-dealkylation sites (tertiary alicyclic amines) is 2. The molecule has 12 amide bonds. The summed E-state index contributed by atoms with van der Waals surface area (Å²) >= 11 is 0.585. The molecular formula is C73H120AlN13O16. The molecule has 30 heteroatoms. The summed E-state index contributed by atoms with van der Waals surface area (Å²) in [6.07, 6.45) is 1.98. The van der Waals surface area contributed by atoms with Gasteiger partial charge in [-0.3, -0.25) is 52.8 Å². The Kier molecular flexibility index (Phi) is 38.6. The predicted octanol–water partition coefficient (Wildman–Crippen LogP) is 2.03. The molecule has 2 unspecified atom stereocenters. The lowest BCUT2D eigenvalue weighted by Gasteiger charge is -2.41. The molecule has 29 nitrogen and oxygen atoms in total. The highest BCUT2D eigenvalue weighted by Crippen LogP contribution is 2.31. The largest absolute Gasteiger partial charge is 0.452 e. The van der Waals surface area contributed by atoms with E-state index in [-0.39, 0.29) is 138 Å². The third-order valence-corrected chi connectivity index (χ3v) is 19.9. The minimum absolute atomic E-state index is 0.00849. The van der Waals surface area contributed by atoms with Gasteiger partial charge in [0.2, 0.25) is 53.2 Å². The van der Waals surface area contributed by atoms with E-state index in [1.54, 1.807) is 66.8 Å². The van der Waals surface area contributed by atoms with Crippen molar-refractivity contribution in [3.8, 4) is 0 Å². The van der Waals surface area contributed by atoms with Crippen molar-refractivity contribution in [3.05, 3.63) is 65.7 Å². The molecule has 2 aliphatic heterocycles. The van der Waals surface area contributed by atoms with Gasteiger partial charge in [-0.05, 0) is 106 Å². The zero-order chi connectivity index (χ0) is 76.6. The fourth-order valence-corrected chi connectivity index (χ4v) is 14.0. The number of hydrogen-bond donors (Lipinski definition) is 9. The Morgan fingerprint density at radius 2 is 1.28 bits per heavy atom. The first kappa shape index (κ1) is 88.1. The fraction of sp³-hybridized carbons (Fsp3) is 0.685. The van der Waals surface area contributed by atoms with Gasteiger partial charge in [-0.25, -0.2) is 4.79 Å². The van der Waals surface area contributed by atoms with Crippen molar-refractivity contribution in [1.29, 1.82) is 0 Å². The van der Waals surface area contributed by atoms with E-state index in [1.807, 2.05) is 97.8 Å². The van der Waals surface area contributed by atoms with Crippen molar-refractivity contribution in [2.75, 3.05) is 100.0 Å². The second kappa shape index (κ2) is 45.2. The average molecular weight is 1460 g/mol. The summed E-state index contributed by atoms with van der Waals surface area (Å²) in [4.78, 5) is 156. The maximum absolute atomic E-state index is 14.7. The van der Waals surface area contributed by atoms with E-state index >= 15 is 0 Å². The van der Waals surface area contributed by atoms with Gasteiger partial charge in [-0.1, -0.05) is 111 Å². The lowest BCUT2D eigenvalue weighted by molar-refractivity contribution is -0.148. The Labute approximate surface area is 617 Å². The number of hydrogen-bond acceptors (Lipinski definition) is 17. The Balaban J connectivity index is 1.36. The topological polar surface area (TPSA) is 369 Å². The van der Waals surface area contributed by atoms with Crippen molar-refractivity contribution in [2.24, 2.45) is 41.2 Å². The first-order chi connectivity index (χ1) is 48.9. The van der Waals surface area contributed by atoms with Gasteiger partial charge >= 0.3 is 22.5 Å². The number of rotatable bonds is 44. The standard InChI is InChI=1S/C73H119N13O16.Al.2H/c1-16-47(8)64(84(13)72(96)62(45(4)5)82-71(95)63(46(6)7)83(11)12)57(98-14)40-59(88)86-32-21-25-56(86)65(99-15)49(10)67(91)80-55(39-50-22-18-17-19-23-50)68(92)77-41-51-26-28-53(29-27-51)78-69(93)54(24-20-31-76-73(75)97)79-70(94)61(44(2)3)81-58(87)42-101-36-34-100-35-37-102-43-60(89)85-33-30-52(66(74)90)38-48(85)9;;;/h17-19,22-23,26-29,44-49,52,54-57,61-65H,16,20-21,24-25,30-43H2,1-15H3,(H11,74,75,76,77,78,79,80,81,82,87,90,91,92,93,94,95,97);;;/q;+1;;/p-1/t47-,48?,49+,52?,54-,55-,56-,57+,61-,62-,63-,64-,65+;;;/m0.../s1. The summed E-state index contributed by atoms with van der Waals surface area (Å²) < 4.78 is 31.6. The first-order valence-corrected chi connectivity index (χ1v) is 37.4. The number of likely N-dealkylation sites (N-methyl/N-ethyl adjacent to an activating group) is 2. The van der Waals surface area contributed by atoms with Crippen LogP contribution in [0.2, 0.25) is 0 Å². The monoisotopic (exact) mass is 1460 g/mol. The van der Waals surface area contributed by atoms with Crippen molar-refractivity contribution in [3.63, 3.8) is 0 Å². The maximum Gasteiger partial charge on any atom is 0.364 e. The van der Waals surface area contributed by atoms with E-state index in [9.17, 15) is 52.7 Å². The zero-order valence-electron chi connectivity index (χ0n) is 63.8. The van der Waals surface area contributed by atoms with Gasteiger partial charge in [0.15, 0.2) is 5.91 Å². The quantitative estimate of drug-likeness (QED) is 0.0338. The summed E-state index contributed by atoms with van der Waals surface area (Å²) in [5.74, 6) is -5.31. The maximum atomic E-state index is 14.7. The smallest absolute Gasteiger partial charge is 0.364 e. The third-order valence-electron chi connectivity index (χ3n) is 19.4. The molecule has 0 aliphatic carbocycles. The Morgan fingerprint density at radius 1 is 0.650 bits per heavy atom. The summed E-state index contributed by atoms with van der Waals surface area (Å²) in [7, 11) is 8.40. The number of nitrogens with two attached hydrogens (primary N) is 1. The van der Waals surface area contributed by atoms with Crippen LogP contribution in [0.3, 0.4) is 0 Å². The second-order valence-electron chi connectivity index (χ2n) is 28.4. The molecule has 2 saturated heterocycles. The molecule has 13 atom stereocenters. The molecular weight excluding hydrogens is 1340 g/mol. The van der Waals surface area contributed by atoms with Crippen LogP contribution >= 0.6 is 0 Å². The molecule has 576 valence electrons. The summed E-state index contributed by atoms with van der Waals surface area (Å²) in [6.45, 7) is 19.9. The van der Waals surface area contributed by atoms with E-state index in [4.69, 9.17) is 29.4 Å². The van der Waals surface area contributed by atoms with E-state index < -0.39 is 102 Å². The second-order valence-corrected chi connectivity index (χ2v) is 28.9. The highest BCUT2D eigenvalue weighted by molar-refractivity contribution is 6.14. The lowest BCUT2D eigenvalue weighted by Crippen LogP contribution is -2.59. The molecule has 2 aliphatic rings. The molecule has 2 aromatic carbocycles. The molecule has 0 bridgehead atoms. The SMILES string of the molecule is CC[C@H](C)[C@@H]([C@@H](CC(=O)N1CCC[C@H]1[C@H](OC)[C@@H](C)C(=O)N[C@@H](Cc1ccccc1)C(=O)NCc1ccc(NC(=O)[C@H](CCCNC(N)=O)NC(=O)[C@@H](NC(=O)COCCOCCOCC(=O)N2CCC(C(=O)[NH][AlH2])CC2C)C(C)C)cc1)OC)N(C)C(=O)[C@@H](NC(=O)[C@H](C(C)C)N(C)C)C(C)C. The summed E-state index contributed by atoms with van der Waals surface area (Å²) in [5.41, 5.74) is 7.08. The molecule has 2 heterocycles. The number of piperidine rings is 1. The van der Waals surface area contributed by atoms with Crippen molar-refractivity contribution < 1.29 is 76.4 Å². The fourth-order valence-electron chi connectivity index (χ4n) is 13.5. The minimum Gasteiger partial charge on any atom is -0.452 e. The third kappa shape index (κ3) is 28.3. The summed E-state index contributed by atoms with van der Waals surface area (Å²) in [5, 5.41) is 19.7. The zero-order valence-corrected chi connectivity index (χ0v) is 65.8. The lowest BCUT2D eigenvalue weighted by atomic mass is 9.89. The van der Waals surface area contributed by atoms with E-state index in [0.29, 0.717) is 73.0 Å². The molecule has 2 fully saturated rings. The molecule has 0 aromatic heterocycles. The molecule has 103 heavy (non-hydrogen) atoms. The van der Waals surface area contributed by atoms with Crippen LogP contribution in [0, 0.1) is 35.5 Å². The number of primary amides is 1. The Hall–Kier alpha value is -7.30. The van der Waals surface area contributed by atoms with Crippen LogP contribution in [-0.2, 0) is 84.6 Å². The highest BCUT2D eigenvalue weighted by Gasteiger charge is 2.44. The Morgan fingerprint density at radius 3 is 1.85 bits per heavy atom. The van der Waals surface area contributed by atoms with Crippen LogP contribution in [0.4, 0.5) is 10.5 Å². The molecule has 4 rings (SSSR count). The number of ether oxygens (including phenoxy) is 5. The van der Waals surface area contributed by atoms with Gasteiger partial charge in [0, 0.05) is 71.5 Å². The molecule has 10 N–H and O–H groups in total. The van der Waals surface area contributed by atoms with Crippen molar-refractivity contribution >= 4 is 87.3 Å². The number of carbonyl (C=O) groups excluding carboxylic acids is 11. The number of carbonyl (C=O) groups is 11. The van der Waals surface area contributed by atoms with Gasteiger partial charge < -0.3 is 85.6 Å². The number of methoxy groups -OCH3 is 2.